The van der Waals surface area contributed by atoms with Gasteiger partial charge in [0.05, 0.1) is 12.8 Å². The minimum Gasteiger partial charge on any atom is -0.496 e. The number of nitrogens with one attached hydrogen (secondary N) is 1. The van der Waals surface area contributed by atoms with Crippen molar-refractivity contribution in [1.29, 1.82) is 0 Å². The number of nitrogens with two attached hydrogens (primary N) is 1. The number of allylic oxidation sites excluding steroid dienone is 1. The van der Waals surface area contributed by atoms with Crippen LogP contribution in [0.3, 0.4) is 0 Å². The summed E-state index contributed by atoms with van der Waals surface area (Å²) in [5.74, 6) is 0.433. The Balaban J connectivity index is 0.00000200. The van der Waals surface area contributed by atoms with Crippen LogP contribution in [0.5, 0.6) is 0 Å². The number of anilines is 1. The molecule has 0 saturated carbocycles. The molecular formula is C15H22IN3O. The van der Waals surface area contributed by atoms with Crippen molar-refractivity contribution in [2.45, 2.75) is 32.8 Å². The molecule has 0 spiro atoms. The Bertz CT molecular complexity index is 480. The van der Waals surface area contributed by atoms with Crippen molar-refractivity contribution < 1.29 is 4.74 Å². The van der Waals surface area contributed by atoms with Crippen LogP contribution < -0.4 is 11.1 Å². The number of guanidine groups is 1. The minimum atomic E-state index is 0. The largest absolute Gasteiger partial charge is 0.496 e. The van der Waals surface area contributed by atoms with Crippen LogP contribution >= 0.6 is 24.0 Å². The fourth-order valence-corrected chi connectivity index (χ4v) is 2.15. The van der Waals surface area contributed by atoms with E-state index in [9.17, 15) is 0 Å². The molecule has 0 aliphatic carbocycles. The van der Waals surface area contributed by atoms with Gasteiger partial charge in [-0.25, -0.2) is 4.99 Å². The number of hydrogen-bond donors (Lipinski definition) is 2. The van der Waals surface area contributed by atoms with E-state index in [4.69, 9.17) is 10.5 Å². The van der Waals surface area contributed by atoms with Gasteiger partial charge in [-0.05, 0) is 56.0 Å². The lowest BCUT2D eigenvalue weighted by molar-refractivity contribution is 0.131. The molecule has 0 saturated heterocycles. The van der Waals surface area contributed by atoms with E-state index in [1.807, 2.05) is 6.08 Å². The average molecular weight is 387 g/mol. The van der Waals surface area contributed by atoms with Gasteiger partial charge in [-0.2, -0.15) is 0 Å². The number of nitrogens with zero attached hydrogens (tertiary/aromatic N) is 1. The lowest BCUT2D eigenvalue weighted by Crippen LogP contribution is -2.25. The summed E-state index contributed by atoms with van der Waals surface area (Å²) in [4.78, 5) is 4.33. The quantitative estimate of drug-likeness (QED) is 0.475. The van der Waals surface area contributed by atoms with Gasteiger partial charge >= 0.3 is 0 Å². The molecule has 2 rings (SSSR count). The number of rotatable bonds is 3. The number of aryl methyl sites for hydroxylation is 2. The maximum absolute atomic E-state index is 5.89. The summed E-state index contributed by atoms with van der Waals surface area (Å²) in [5, 5.41) is 3.12. The normalized spacial score (nSPS) is 18.1. The van der Waals surface area contributed by atoms with E-state index in [1.165, 1.54) is 11.1 Å². The number of halogens is 1. The van der Waals surface area contributed by atoms with Crippen LogP contribution in [0, 0.1) is 13.8 Å². The maximum atomic E-state index is 5.89. The zero-order valence-corrected chi connectivity index (χ0v) is 14.3. The van der Waals surface area contributed by atoms with Gasteiger partial charge in [0, 0.05) is 5.69 Å². The van der Waals surface area contributed by atoms with Crippen molar-refractivity contribution in [2.75, 3.05) is 11.9 Å². The summed E-state index contributed by atoms with van der Waals surface area (Å²) < 4.78 is 5.45. The third-order valence-corrected chi connectivity index (χ3v) is 2.98. The Hall–Kier alpha value is -1.24. The van der Waals surface area contributed by atoms with E-state index in [1.54, 1.807) is 6.26 Å². The molecule has 0 amide bonds. The minimum absolute atomic E-state index is 0. The smallest absolute Gasteiger partial charge is 0.193 e. The number of ether oxygens (including phenoxy) is 1. The number of benzene rings is 1. The van der Waals surface area contributed by atoms with Gasteiger partial charge in [0.25, 0.3) is 0 Å². The second-order valence-corrected chi connectivity index (χ2v) is 4.93. The Morgan fingerprint density at radius 3 is 2.65 bits per heavy atom. The molecule has 1 aromatic rings. The molecule has 1 aliphatic rings. The molecule has 1 aromatic carbocycles. The first-order valence-electron chi connectivity index (χ1n) is 6.59. The summed E-state index contributed by atoms with van der Waals surface area (Å²) in [6.07, 6.45) is 5.96. The van der Waals surface area contributed by atoms with Crippen molar-refractivity contribution in [3.8, 4) is 0 Å². The van der Waals surface area contributed by atoms with Crippen LogP contribution in [0.2, 0.25) is 0 Å². The topological polar surface area (TPSA) is 59.6 Å². The molecule has 110 valence electrons. The van der Waals surface area contributed by atoms with Crippen molar-refractivity contribution in [3.63, 3.8) is 0 Å². The standard InChI is InChI=1S/C15H21N3O.HI/c1-11-7-12(2)9-13(8-11)18-15(16)17-10-14-5-3-4-6-19-14;/h4,6-9,14H,3,5,10H2,1-2H3,(H3,16,17,18);1H. The monoisotopic (exact) mass is 387 g/mol. The van der Waals surface area contributed by atoms with E-state index >= 15 is 0 Å². The first-order chi connectivity index (χ1) is 9.13. The summed E-state index contributed by atoms with van der Waals surface area (Å²) in [6.45, 7) is 4.72. The number of aliphatic imine (C=N–C) groups is 1. The predicted octanol–water partition coefficient (Wildman–Crippen LogP) is 3.34. The Morgan fingerprint density at radius 2 is 2.05 bits per heavy atom. The van der Waals surface area contributed by atoms with Crippen LogP contribution in [0.25, 0.3) is 0 Å². The average Bonchev–Trinajstić information content (AvgIpc) is 2.36. The van der Waals surface area contributed by atoms with Crippen LogP contribution in [0.15, 0.2) is 35.5 Å². The molecule has 0 aromatic heterocycles. The molecule has 4 nitrogen and oxygen atoms in total. The fourth-order valence-electron chi connectivity index (χ4n) is 2.15. The highest BCUT2D eigenvalue weighted by Gasteiger charge is 2.09. The van der Waals surface area contributed by atoms with E-state index in [-0.39, 0.29) is 30.1 Å². The van der Waals surface area contributed by atoms with E-state index in [0.29, 0.717) is 12.5 Å². The molecule has 3 N–H and O–H groups in total. The third-order valence-electron chi connectivity index (χ3n) is 2.98. The third kappa shape index (κ3) is 5.40. The van der Waals surface area contributed by atoms with Crippen molar-refractivity contribution in [3.05, 3.63) is 41.7 Å². The molecule has 1 heterocycles. The van der Waals surface area contributed by atoms with E-state index < -0.39 is 0 Å². The zero-order valence-electron chi connectivity index (χ0n) is 11.9. The molecule has 1 unspecified atom stereocenters. The maximum Gasteiger partial charge on any atom is 0.193 e. The van der Waals surface area contributed by atoms with Gasteiger partial charge in [0.1, 0.15) is 6.10 Å². The lowest BCUT2D eigenvalue weighted by atomic mass is 10.1. The molecule has 0 radical (unpaired) electrons. The Kier molecular flexibility index (Phi) is 6.84. The van der Waals surface area contributed by atoms with Crippen molar-refractivity contribution >= 4 is 35.6 Å². The number of hydrogen-bond acceptors (Lipinski definition) is 2. The Labute approximate surface area is 137 Å². The van der Waals surface area contributed by atoms with Gasteiger partial charge < -0.3 is 15.8 Å². The second-order valence-electron chi connectivity index (χ2n) is 4.93. The second kappa shape index (κ2) is 8.14. The van der Waals surface area contributed by atoms with Crippen LogP contribution in [0.1, 0.15) is 24.0 Å². The van der Waals surface area contributed by atoms with Gasteiger partial charge in [0.2, 0.25) is 0 Å². The first kappa shape index (κ1) is 16.8. The predicted molar refractivity (Wildman–Crippen MR) is 94.7 cm³/mol. The van der Waals surface area contributed by atoms with Crippen molar-refractivity contribution in [1.82, 2.24) is 0 Å². The van der Waals surface area contributed by atoms with E-state index in [2.05, 4.69) is 42.4 Å². The summed E-state index contributed by atoms with van der Waals surface area (Å²) >= 11 is 0. The van der Waals surface area contributed by atoms with Crippen LogP contribution in [-0.2, 0) is 4.74 Å². The molecule has 1 aliphatic heterocycles. The van der Waals surface area contributed by atoms with Gasteiger partial charge in [0.15, 0.2) is 5.96 Å². The Morgan fingerprint density at radius 1 is 1.35 bits per heavy atom. The zero-order chi connectivity index (χ0) is 13.7. The molecule has 0 fully saturated rings. The highest BCUT2D eigenvalue weighted by Crippen LogP contribution is 2.14. The van der Waals surface area contributed by atoms with Gasteiger partial charge in [-0.1, -0.05) is 6.07 Å². The van der Waals surface area contributed by atoms with E-state index in [0.717, 1.165) is 18.5 Å². The van der Waals surface area contributed by atoms with Crippen molar-refractivity contribution in [2.24, 2.45) is 10.7 Å². The van der Waals surface area contributed by atoms with Gasteiger partial charge in [-0.3, -0.25) is 0 Å². The lowest BCUT2D eigenvalue weighted by Gasteiger charge is -2.17. The molecular weight excluding hydrogens is 365 g/mol. The first-order valence-corrected chi connectivity index (χ1v) is 6.59. The SMILES string of the molecule is Cc1cc(C)cc(NC(N)=NCC2CCC=CO2)c1.I. The molecule has 20 heavy (non-hydrogen) atoms. The fraction of sp³-hybridized carbons (Fsp3) is 0.400. The van der Waals surface area contributed by atoms with Gasteiger partial charge in [-0.15, -0.1) is 24.0 Å². The molecule has 1 atom stereocenters. The summed E-state index contributed by atoms with van der Waals surface area (Å²) in [6, 6.07) is 6.23. The summed E-state index contributed by atoms with van der Waals surface area (Å²) in [7, 11) is 0. The highest BCUT2D eigenvalue weighted by molar-refractivity contribution is 14.0. The molecule has 5 heteroatoms. The molecule has 0 bridgehead atoms. The highest BCUT2D eigenvalue weighted by atomic mass is 127. The van der Waals surface area contributed by atoms with Crippen LogP contribution in [0.4, 0.5) is 5.69 Å². The summed E-state index contributed by atoms with van der Waals surface area (Å²) in [5.41, 5.74) is 9.27. The van der Waals surface area contributed by atoms with Crippen LogP contribution in [-0.4, -0.2) is 18.6 Å².